The third-order valence-corrected chi connectivity index (χ3v) is 2.40. The van der Waals surface area contributed by atoms with Crippen LogP contribution in [0.15, 0.2) is 17.1 Å². The monoisotopic (exact) mass is 239 g/mol. The molecule has 6 heteroatoms. The second-order valence-corrected chi connectivity index (χ2v) is 3.70. The molecule has 0 unspecified atom stereocenters. The van der Waals surface area contributed by atoms with Gasteiger partial charge >= 0.3 is 0 Å². The zero-order chi connectivity index (χ0) is 12.8. The number of carbonyl (C=O) groups is 1. The van der Waals surface area contributed by atoms with Crippen LogP contribution in [0.3, 0.4) is 0 Å². The Morgan fingerprint density at radius 2 is 2.29 bits per heavy atom. The van der Waals surface area contributed by atoms with E-state index in [1.165, 1.54) is 13.2 Å². The van der Waals surface area contributed by atoms with Crippen LogP contribution in [-0.4, -0.2) is 42.9 Å². The van der Waals surface area contributed by atoms with Gasteiger partial charge in [-0.3, -0.25) is 9.59 Å². The molecule has 17 heavy (non-hydrogen) atoms. The zero-order valence-electron chi connectivity index (χ0n) is 10.3. The number of hydrogen-bond acceptors (Lipinski definition) is 5. The number of Topliss-reactive ketones (excluding diaryl/α,β-unsaturated/α-hetero) is 1. The first kappa shape index (κ1) is 13.4. The maximum atomic E-state index is 11.7. The molecule has 0 radical (unpaired) electrons. The summed E-state index contributed by atoms with van der Waals surface area (Å²) in [6.45, 7) is 2.70. The smallest absolute Gasteiger partial charge is 0.269 e. The summed E-state index contributed by atoms with van der Waals surface area (Å²) in [6.07, 6.45) is 1.57. The first-order valence-corrected chi connectivity index (χ1v) is 5.37. The number of rotatable bonds is 6. The van der Waals surface area contributed by atoms with Gasteiger partial charge in [0.05, 0.1) is 11.9 Å². The van der Waals surface area contributed by atoms with Crippen LogP contribution in [0.1, 0.15) is 6.92 Å². The van der Waals surface area contributed by atoms with Gasteiger partial charge in [0, 0.05) is 26.8 Å². The molecule has 0 fully saturated rings. The highest BCUT2D eigenvalue weighted by Crippen LogP contribution is 2.05. The molecule has 6 nitrogen and oxygen atoms in total. The highest BCUT2D eigenvalue weighted by Gasteiger charge is 2.07. The molecule has 0 saturated carbocycles. The molecular formula is C11H17N3O3. The van der Waals surface area contributed by atoms with E-state index in [9.17, 15) is 9.59 Å². The van der Waals surface area contributed by atoms with Crippen LogP contribution in [0.4, 0.5) is 5.69 Å². The van der Waals surface area contributed by atoms with Crippen molar-refractivity contribution < 1.29 is 9.53 Å². The zero-order valence-corrected chi connectivity index (χ0v) is 10.3. The number of nitrogens with zero attached hydrogens (tertiary/aromatic N) is 3. The predicted molar refractivity (Wildman–Crippen MR) is 64.3 cm³/mol. The minimum atomic E-state index is -0.285. The minimum absolute atomic E-state index is 0.00919. The molecule has 1 aromatic heterocycles. The molecule has 0 saturated heterocycles. The number of anilines is 1. The number of carbonyl (C=O) groups excluding carboxylic acids is 1. The summed E-state index contributed by atoms with van der Waals surface area (Å²) in [5.74, 6) is -0.182. The van der Waals surface area contributed by atoms with Gasteiger partial charge in [0.1, 0.15) is 13.2 Å². The fourth-order valence-corrected chi connectivity index (χ4v) is 1.31. The van der Waals surface area contributed by atoms with E-state index in [-0.39, 0.29) is 24.5 Å². The molecule has 0 amide bonds. The summed E-state index contributed by atoms with van der Waals surface area (Å²) in [5.41, 5.74) is 0.459. The Hall–Kier alpha value is -1.69. The van der Waals surface area contributed by atoms with Gasteiger partial charge in [-0.2, -0.15) is 5.10 Å². The Balaban J connectivity index is 2.83. The first-order valence-electron chi connectivity index (χ1n) is 5.37. The summed E-state index contributed by atoms with van der Waals surface area (Å²) in [4.78, 5) is 24.9. The maximum absolute atomic E-state index is 11.7. The van der Waals surface area contributed by atoms with E-state index in [2.05, 4.69) is 5.10 Å². The van der Waals surface area contributed by atoms with E-state index in [0.717, 1.165) is 16.9 Å². The largest absolute Gasteiger partial charge is 0.377 e. The number of hydrogen-bond donors (Lipinski definition) is 0. The molecule has 0 aliphatic rings. The van der Waals surface area contributed by atoms with Crippen molar-refractivity contribution in [1.82, 2.24) is 9.78 Å². The van der Waals surface area contributed by atoms with Crippen molar-refractivity contribution in [1.29, 1.82) is 0 Å². The highest BCUT2D eigenvalue weighted by atomic mass is 16.5. The predicted octanol–water partition coefficient (Wildman–Crippen LogP) is -0.0851. The fourth-order valence-electron chi connectivity index (χ4n) is 1.31. The highest BCUT2D eigenvalue weighted by molar-refractivity contribution is 5.79. The van der Waals surface area contributed by atoms with Crippen LogP contribution in [0.5, 0.6) is 0 Å². The molecule has 0 aromatic carbocycles. The summed E-state index contributed by atoms with van der Waals surface area (Å²) >= 11 is 0. The number of ketones is 1. The Morgan fingerprint density at radius 1 is 1.59 bits per heavy atom. The lowest BCUT2D eigenvalue weighted by atomic mass is 10.4. The van der Waals surface area contributed by atoms with E-state index >= 15 is 0 Å². The lowest BCUT2D eigenvalue weighted by molar-refractivity contribution is -0.123. The molecule has 1 aromatic rings. The number of methoxy groups -OCH3 is 1. The van der Waals surface area contributed by atoms with Gasteiger partial charge in [0.2, 0.25) is 0 Å². The molecule has 1 rings (SSSR count). The van der Waals surface area contributed by atoms with Crippen molar-refractivity contribution in [2.75, 3.05) is 32.2 Å². The average Bonchev–Trinajstić information content (AvgIpc) is 2.31. The van der Waals surface area contributed by atoms with Crippen molar-refractivity contribution in [3.63, 3.8) is 0 Å². The second-order valence-electron chi connectivity index (χ2n) is 3.70. The maximum Gasteiger partial charge on any atom is 0.269 e. The summed E-state index contributed by atoms with van der Waals surface area (Å²) in [6, 6.07) is 1.47. The third kappa shape index (κ3) is 3.67. The lowest BCUT2D eigenvalue weighted by Crippen LogP contribution is -2.29. The van der Waals surface area contributed by atoms with E-state index in [1.54, 1.807) is 6.20 Å². The Morgan fingerprint density at radius 3 is 2.82 bits per heavy atom. The van der Waals surface area contributed by atoms with Crippen molar-refractivity contribution in [2.45, 2.75) is 13.5 Å². The molecule has 0 bridgehead atoms. The minimum Gasteiger partial charge on any atom is -0.377 e. The molecule has 0 atom stereocenters. The molecular weight excluding hydrogens is 222 g/mol. The summed E-state index contributed by atoms with van der Waals surface area (Å²) in [7, 11) is 3.31. The van der Waals surface area contributed by atoms with Crippen molar-refractivity contribution in [2.24, 2.45) is 0 Å². The first-order chi connectivity index (χ1) is 8.08. The van der Waals surface area contributed by atoms with Crippen molar-refractivity contribution in [3.8, 4) is 0 Å². The van der Waals surface area contributed by atoms with Crippen molar-refractivity contribution in [3.05, 3.63) is 22.6 Å². The van der Waals surface area contributed by atoms with E-state index in [0.29, 0.717) is 0 Å². The van der Waals surface area contributed by atoms with Gasteiger partial charge in [-0.1, -0.05) is 0 Å². The van der Waals surface area contributed by atoms with Crippen LogP contribution in [0, 0.1) is 0 Å². The Labute approximate surface area is 99.8 Å². The SMILES string of the molecule is CCN(C)c1cnn(CC(=O)COC)c(=O)c1. The molecule has 94 valence electrons. The quantitative estimate of drug-likeness (QED) is 0.694. The molecule has 0 spiro atoms. The van der Waals surface area contributed by atoms with E-state index in [1.807, 2.05) is 18.9 Å². The third-order valence-electron chi connectivity index (χ3n) is 2.40. The molecule has 0 N–H and O–H groups in total. The Bertz CT molecular complexity index is 442. The van der Waals surface area contributed by atoms with Crippen LogP contribution >= 0.6 is 0 Å². The van der Waals surface area contributed by atoms with E-state index < -0.39 is 0 Å². The van der Waals surface area contributed by atoms with E-state index in [4.69, 9.17) is 4.74 Å². The molecule has 1 heterocycles. The molecule has 0 aliphatic heterocycles. The van der Waals surface area contributed by atoms with Crippen LogP contribution in [-0.2, 0) is 16.1 Å². The number of aromatic nitrogens is 2. The van der Waals surface area contributed by atoms with Gasteiger partial charge in [-0.25, -0.2) is 4.68 Å². The summed E-state index contributed by atoms with van der Waals surface area (Å²) < 4.78 is 5.83. The van der Waals surface area contributed by atoms with Crippen LogP contribution < -0.4 is 10.5 Å². The molecule has 0 aliphatic carbocycles. The normalized spacial score (nSPS) is 10.3. The lowest BCUT2D eigenvalue weighted by Gasteiger charge is -2.16. The van der Waals surface area contributed by atoms with Gasteiger partial charge in [-0.15, -0.1) is 0 Å². The fraction of sp³-hybridized carbons (Fsp3) is 0.545. The van der Waals surface area contributed by atoms with Crippen LogP contribution in [0.2, 0.25) is 0 Å². The van der Waals surface area contributed by atoms with Gasteiger partial charge in [0.25, 0.3) is 5.56 Å². The van der Waals surface area contributed by atoms with Gasteiger partial charge in [-0.05, 0) is 6.92 Å². The topological polar surface area (TPSA) is 64.4 Å². The average molecular weight is 239 g/mol. The van der Waals surface area contributed by atoms with Gasteiger partial charge < -0.3 is 9.64 Å². The second kappa shape index (κ2) is 6.15. The number of ether oxygens (including phenoxy) is 1. The Kier molecular flexibility index (Phi) is 4.84. The summed E-state index contributed by atoms with van der Waals surface area (Å²) in [5, 5.41) is 3.96. The van der Waals surface area contributed by atoms with Crippen molar-refractivity contribution >= 4 is 11.5 Å². The standard InChI is InChI=1S/C11H17N3O3/c1-4-13(2)9-5-11(16)14(12-6-9)7-10(15)8-17-3/h5-6H,4,7-8H2,1-3H3. The van der Waals surface area contributed by atoms with Gasteiger partial charge in [0.15, 0.2) is 5.78 Å². The van der Waals surface area contributed by atoms with Crippen LogP contribution in [0.25, 0.3) is 0 Å².